The molecular formula is C15H13BrF3N. The Bertz CT molecular complexity index is 643. The molecule has 1 unspecified atom stereocenters. The van der Waals surface area contributed by atoms with Crippen molar-refractivity contribution in [3.8, 4) is 0 Å². The predicted molar refractivity (Wildman–Crippen MR) is 76.1 cm³/mol. The van der Waals surface area contributed by atoms with E-state index >= 15 is 0 Å². The fourth-order valence-electron chi connectivity index (χ4n) is 2.08. The van der Waals surface area contributed by atoms with E-state index in [-0.39, 0.29) is 15.6 Å². The largest absolute Gasteiger partial charge is 0.309 e. The van der Waals surface area contributed by atoms with Crippen LogP contribution in [-0.4, -0.2) is 7.05 Å². The van der Waals surface area contributed by atoms with Crippen molar-refractivity contribution in [2.75, 3.05) is 7.05 Å². The van der Waals surface area contributed by atoms with Crippen molar-refractivity contribution in [2.24, 2.45) is 0 Å². The van der Waals surface area contributed by atoms with E-state index in [0.717, 1.165) is 6.07 Å². The summed E-state index contributed by atoms with van der Waals surface area (Å²) in [5, 5.41) is 2.92. The topological polar surface area (TPSA) is 12.0 Å². The van der Waals surface area contributed by atoms with Crippen molar-refractivity contribution in [3.05, 3.63) is 68.9 Å². The zero-order chi connectivity index (χ0) is 14.9. The minimum absolute atomic E-state index is 0.189. The third-order valence-corrected chi connectivity index (χ3v) is 3.76. The average Bonchev–Trinajstić information content (AvgIpc) is 2.40. The summed E-state index contributed by atoms with van der Waals surface area (Å²) in [5.41, 5.74) is 1.08. The van der Waals surface area contributed by atoms with Gasteiger partial charge in [-0.1, -0.05) is 6.07 Å². The van der Waals surface area contributed by atoms with E-state index in [9.17, 15) is 13.2 Å². The molecule has 1 nitrogen and oxygen atoms in total. The molecule has 5 heteroatoms. The van der Waals surface area contributed by atoms with Gasteiger partial charge in [-0.25, -0.2) is 13.2 Å². The molecule has 0 aliphatic carbocycles. The van der Waals surface area contributed by atoms with Gasteiger partial charge in [0.15, 0.2) is 0 Å². The lowest BCUT2D eigenvalue weighted by Gasteiger charge is -2.19. The quantitative estimate of drug-likeness (QED) is 0.866. The fourth-order valence-corrected chi connectivity index (χ4v) is 2.47. The molecular weight excluding hydrogens is 331 g/mol. The summed E-state index contributed by atoms with van der Waals surface area (Å²) < 4.78 is 41.2. The van der Waals surface area contributed by atoms with Crippen LogP contribution in [0.2, 0.25) is 0 Å². The normalized spacial score (nSPS) is 12.5. The molecule has 2 rings (SSSR count). The molecule has 20 heavy (non-hydrogen) atoms. The molecule has 0 fully saturated rings. The number of hydrogen-bond donors (Lipinski definition) is 1. The van der Waals surface area contributed by atoms with Gasteiger partial charge in [0.2, 0.25) is 0 Å². The third-order valence-electron chi connectivity index (χ3n) is 3.15. The minimum atomic E-state index is -0.554. The summed E-state index contributed by atoms with van der Waals surface area (Å²) in [4.78, 5) is 0. The highest BCUT2D eigenvalue weighted by Crippen LogP contribution is 2.28. The summed E-state index contributed by atoms with van der Waals surface area (Å²) in [6.45, 7) is 1.51. The van der Waals surface area contributed by atoms with Crippen LogP contribution in [0, 0.1) is 24.4 Å². The van der Waals surface area contributed by atoms with Gasteiger partial charge in [0, 0.05) is 5.56 Å². The molecule has 2 aromatic carbocycles. The van der Waals surface area contributed by atoms with Crippen molar-refractivity contribution in [1.82, 2.24) is 5.32 Å². The molecule has 106 valence electrons. The van der Waals surface area contributed by atoms with E-state index in [1.807, 2.05) is 0 Å². The molecule has 1 N–H and O–H groups in total. The van der Waals surface area contributed by atoms with E-state index < -0.39 is 23.5 Å². The molecule has 0 aromatic heterocycles. The molecule has 0 saturated heterocycles. The lowest BCUT2D eigenvalue weighted by Crippen LogP contribution is -2.19. The van der Waals surface area contributed by atoms with Gasteiger partial charge in [0.05, 0.1) is 10.5 Å². The maximum atomic E-state index is 14.0. The second-order valence-corrected chi connectivity index (χ2v) is 5.37. The Morgan fingerprint density at radius 1 is 1.00 bits per heavy atom. The first kappa shape index (κ1) is 15.1. The number of aryl methyl sites for hydroxylation is 1. The Morgan fingerprint density at radius 3 is 2.30 bits per heavy atom. The first-order valence-corrected chi connectivity index (χ1v) is 6.81. The highest BCUT2D eigenvalue weighted by atomic mass is 79.9. The number of rotatable bonds is 3. The van der Waals surface area contributed by atoms with Crippen LogP contribution in [0.5, 0.6) is 0 Å². The Labute approximate surface area is 123 Å². The van der Waals surface area contributed by atoms with Crippen LogP contribution < -0.4 is 5.32 Å². The molecule has 0 spiro atoms. The smallest absolute Gasteiger partial charge is 0.137 e. The van der Waals surface area contributed by atoms with Gasteiger partial charge in [0.1, 0.15) is 17.5 Å². The van der Waals surface area contributed by atoms with Crippen molar-refractivity contribution in [3.63, 3.8) is 0 Å². The highest BCUT2D eigenvalue weighted by Gasteiger charge is 2.19. The lowest BCUT2D eigenvalue weighted by atomic mass is 9.97. The average molecular weight is 344 g/mol. The number of halogens is 4. The molecule has 0 radical (unpaired) electrons. The maximum Gasteiger partial charge on any atom is 0.137 e. The fraction of sp³-hybridized carbons (Fsp3) is 0.200. The Kier molecular flexibility index (Phi) is 4.50. The first-order chi connectivity index (χ1) is 9.43. The van der Waals surface area contributed by atoms with Crippen molar-refractivity contribution >= 4 is 15.9 Å². The summed E-state index contributed by atoms with van der Waals surface area (Å²) in [6.07, 6.45) is 0. The van der Waals surface area contributed by atoms with Gasteiger partial charge in [0.25, 0.3) is 0 Å². The molecule has 0 heterocycles. The zero-order valence-corrected chi connectivity index (χ0v) is 12.6. The molecule has 1 atom stereocenters. The van der Waals surface area contributed by atoms with Crippen LogP contribution in [0.15, 0.2) is 34.8 Å². The summed E-state index contributed by atoms with van der Waals surface area (Å²) in [6, 6.07) is 6.15. The third kappa shape index (κ3) is 2.88. The van der Waals surface area contributed by atoms with Gasteiger partial charge < -0.3 is 5.32 Å². The molecule has 0 saturated carbocycles. The lowest BCUT2D eigenvalue weighted by molar-refractivity contribution is 0.552. The second kappa shape index (κ2) is 5.97. The van der Waals surface area contributed by atoms with Gasteiger partial charge in [-0.2, -0.15) is 0 Å². The van der Waals surface area contributed by atoms with E-state index in [4.69, 9.17) is 0 Å². The number of nitrogens with one attached hydrogen (secondary N) is 1. The van der Waals surface area contributed by atoms with Crippen LogP contribution in [0.3, 0.4) is 0 Å². The van der Waals surface area contributed by atoms with Gasteiger partial charge in [-0.05, 0) is 65.3 Å². The van der Waals surface area contributed by atoms with E-state index in [2.05, 4.69) is 21.2 Å². The Hall–Kier alpha value is -1.33. The van der Waals surface area contributed by atoms with Crippen molar-refractivity contribution < 1.29 is 13.2 Å². The summed E-state index contributed by atoms with van der Waals surface area (Å²) in [7, 11) is 1.64. The van der Waals surface area contributed by atoms with Crippen LogP contribution in [0.4, 0.5) is 13.2 Å². The summed E-state index contributed by atoms with van der Waals surface area (Å²) in [5.74, 6) is -1.37. The van der Waals surface area contributed by atoms with Gasteiger partial charge >= 0.3 is 0 Å². The highest BCUT2D eigenvalue weighted by molar-refractivity contribution is 9.10. The summed E-state index contributed by atoms with van der Waals surface area (Å²) >= 11 is 3.09. The van der Waals surface area contributed by atoms with Crippen molar-refractivity contribution in [1.29, 1.82) is 0 Å². The van der Waals surface area contributed by atoms with E-state index in [1.54, 1.807) is 19.2 Å². The van der Waals surface area contributed by atoms with Crippen LogP contribution in [-0.2, 0) is 0 Å². The molecule has 0 bridgehead atoms. The van der Waals surface area contributed by atoms with Crippen LogP contribution in [0.1, 0.15) is 22.7 Å². The van der Waals surface area contributed by atoms with Crippen LogP contribution in [0.25, 0.3) is 0 Å². The monoisotopic (exact) mass is 343 g/mol. The predicted octanol–water partition coefficient (Wildman–Crippen LogP) is 4.48. The Morgan fingerprint density at radius 2 is 1.70 bits per heavy atom. The second-order valence-electron chi connectivity index (χ2n) is 4.52. The van der Waals surface area contributed by atoms with E-state index in [0.29, 0.717) is 5.56 Å². The first-order valence-electron chi connectivity index (χ1n) is 6.01. The molecule has 2 aromatic rings. The number of benzene rings is 2. The van der Waals surface area contributed by atoms with E-state index in [1.165, 1.54) is 19.1 Å². The van der Waals surface area contributed by atoms with Gasteiger partial charge in [-0.3, -0.25) is 0 Å². The van der Waals surface area contributed by atoms with Crippen LogP contribution >= 0.6 is 15.9 Å². The standard InChI is InChI=1S/C15H13BrF3N/c1-8-5-14(19)10(7-13(8)18)15(20-2)9-3-4-12(17)11(16)6-9/h3-7,15,20H,1-2H3. The SMILES string of the molecule is CNC(c1ccc(F)c(Br)c1)c1cc(F)c(C)cc1F. The maximum absolute atomic E-state index is 14.0. The van der Waals surface area contributed by atoms with Crippen molar-refractivity contribution in [2.45, 2.75) is 13.0 Å². The molecule has 0 aliphatic rings. The molecule has 0 amide bonds. The van der Waals surface area contributed by atoms with Gasteiger partial charge in [-0.15, -0.1) is 0 Å². The number of hydrogen-bond acceptors (Lipinski definition) is 1. The zero-order valence-electron chi connectivity index (χ0n) is 11.0. The minimum Gasteiger partial charge on any atom is -0.309 e. The molecule has 0 aliphatic heterocycles. The Balaban J connectivity index is 2.52.